The van der Waals surface area contributed by atoms with E-state index in [0.717, 1.165) is 18.6 Å². The lowest BCUT2D eigenvalue weighted by Crippen LogP contribution is -1.88. The summed E-state index contributed by atoms with van der Waals surface area (Å²) < 4.78 is 0. The molecule has 1 nitrogen and oxygen atoms in total. The number of halogens is 1. The Hall–Kier alpha value is 0.950. The number of unbranched alkanes of at least 4 members (excludes halogenated alkanes) is 12. The van der Waals surface area contributed by atoms with Crippen molar-refractivity contribution in [3.8, 4) is 11.2 Å². The van der Waals surface area contributed by atoms with Crippen LogP contribution in [0.1, 0.15) is 89.9 Å². The summed E-state index contributed by atoms with van der Waals surface area (Å²) >= 11 is 4.22. The first-order valence-electron chi connectivity index (χ1n) is 9.36. The van der Waals surface area contributed by atoms with Crippen LogP contribution < -0.4 is 0 Å². The van der Waals surface area contributed by atoms with Gasteiger partial charge in [0.1, 0.15) is 0 Å². The van der Waals surface area contributed by atoms with Crippen molar-refractivity contribution in [1.29, 1.82) is 0 Å². The molecular weight excluding hydrogens is 435 g/mol. The molecule has 0 heterocycles. The third-order valence-electron chi connectivity index (χ3n) is 3.90. The molecule has 0 unspecified atom stereocenters. The zero-order valence-electron chi connectivity index (χ0n) is 14.7. The molecule has 0 spiro atoms. The number of hydrogen-bond donors (Lipinski definition) is 1. The van der Waals surface area contributed by atoms with Crippen LogP contribution >= 0.6 is 41.9 Å². The molecule has 0 amide bonds. The van der Waals surface area contributed by atoms with Crippen LogP contribution in [0, 0.1) is 11.2 Å². The maximum atomic E-state index is 8.69. The van der Waals surface area contributed by atoms with Gasteiger partial charge in [-0.05, 0) is 45.0 Å². The smallest absolute Gasteiger partial charge is 0.0438 e. The molecule has 0 radical (unpaired) electrons. The SMILES string of the molecule is OCCCSCCCCCCCCCCCCCCC#CSI. The summed E-state index contributed by atoms with van der Waals surface area (Å²) in [6.45, 7) is 0.347. The Bertz CT molecular complexity index is 276. The standard InChI is InChI=1S/C19H35IOS2/c20-23-19-14-12-10-8-6-4-2-1-3-5-7-9-11-13-17-22-18-15-16-21/h21H,1-13,15-18H2. The summed E-state index contributed by atoms with van der Waals surface area (Å²) in [5, 5.41) is 11.7. The third kappa shape index (κ3) is 22.9. The minimum Gasteiger partial charge on any atom is -0.396 e. The lowest BCUT2D eigenvalue weighted by atomic mass is 10.0. The molecule has 0 saturated heterocycles. The van der Waals surface area contributed by atoms with E-state index in [9.17, 15) is 0 Å². The average molecular weight is 471 g/mol. The van der Waals surface area contributed by atoms with E-state index >= 15 is 0 Å². The fraction of sp³-hybridized carbons (Fsp3) is 0.895. The highest BCUT2D eigenvalue weighted by Crippen LogP contribution is 2.14. The van der Waals surface area contributed by atoms with E-state index in [-0.39, 0.29) is 0 Å². The van der Waals surface area contributed by atoms with Gasteiger partial charge < -0.3 is 5.11 Å². The second kappa shape index (κ2) is 22.9. The Morgan fingerprint density at radius 1 is 0.652 bits per heavy atom. The number of aliphatic hydroxyl groups is 1. The third-order valence-corrected chi connectivity index (χ3v) is 5.93. The Balaban J connectivity index is 2.97. The zero-order valence-corrected chi connectivity index (χ0v) is 18.5. The van der Waals surface area contributed by atoms with Gasteiger partial charge in [-0.15, -0.1) is 0 Å². The van der Waals surface area contributed by atoms with Crippen LogP contribution in [0.4, 0.5) is 0 Å². The molecule has 0 saturated carbocycles. The molecule has 0 bridgehead atoms. The minimum atomic E-state index is 0.347. The topological polar surface area (TPSA) is 20.2 Å². The molecule has 0 aromatic heterocycles. The Morgan fingerprint density at radius 2 is 1.13 bits per heavy atom. The van der Waals surface area contributed by atoms with Crippen molar-refractivity contribution in [2.45, 2.75) is 89.9 Å². The second-order valence-corrected chi connectivity index (χ2v) is 8.94. The van der Waals surface area contributed by atoms with Crippen LogP contribution in [-0.4, -0.2) is 23.2 Å². The van der Waals surface area contributed by atoms with E-state index in [2.05, 4.69) is 32.4 Å². The first-order valence-corrected chi connectivity index (χ1v) is 13.9. The van der Waals surface area contributed by atoms with Crippen molar-refractivity contribution in [2.75, 3.05) is 18.1 Å². The molecule has 0 rings (SSSR count). The fourth-order valence-electron chi connectivity index (χ4n) is 2.53. The second-order valence-electron chi connectivity index (χ2n) is 6.04. The molecule has 0 aromatic carbocycles. The summed E-state index contributed by atoms with van der Waals surface area (Å²) in [5.41, 5.74) is 0. The predicted octanol–water partition coefficient (Wildman–Crippen LogP) is 7.22. The molecule has 0 aliphatic carbocycles. The highest BCUT2D eigenvalue weighted by atomic mass is 127. The van der Waals surface area contributed by atoms with Crippen LogP contribution in [0.5, 0.6) is 0 Å². The van der Waals surface area contributed by atoms with E-state index in [1.807, 2.05) is 11.8 Å². The number of aliphatic hydroxyl groups excluding tert-OH is 1. The van der Waals surface area contributed by atoms with E-state index in [1.54, 1.807) is 8.93 Å². The molecule has 0 aromatic rings. The van der Waals surface area contributed by atoms with Gasteiger partial charge in [-0.3, -0.25) is 0 Å². The zero-order chi connectivity index (χ0) is 16.8. The molecule has 23 heavy (non-hydrogen) atoms. The van der Waals surface area contributed by atoms with Crippen molar-refractivity contribution in [3.05, 3.63) is 0 Å². The van der Waals surface area contributed by atoms with Gasteiger partial charge in [-0.2, -0.15) is 11.8 Å². The lowest BCUT2D eigenvalue weighted by Gasteiger charge is -2.03. The highest BCUT2D eigenvalue weighted by molar-refractivity contribution is 14.2. The van der Waals surface area contributed by atoms with E-state index in [0.29, 0.717) is 6.61 Å². The molecule has 0 aliphatic heterocycles. The molecular formula is C19H35IOS2. The maximum Gasteiger partial charge on any atom is 0.0438 e. The van der Waals surface area contributed by atoms with E-state index < -0.39 is 0 Å². The van der Waals surface area contributed by atoms with Crippen LogP contribution in [0.3, 0.4) is 0 Å². The molecule has 136 valence electrons. The summed E-state index contributed by atoms with van der Waals surface area (Å²) in [6.07, 6.45) is 18.8. The Morgan fingerprint density at radius 3 is 1.65 bits per heavy atom. The summed E-state index contributed by atoms with van der Waals surface area (Å²) in [5.74, 6) is 5.59. The first-order chi connectivity index (χ1) is 11.4. The van der Waals surface area contributed by atoms with Crippen LogP contribution in [0.2, 0.25) is 0 Å². The van der Waals surface area contributed by atoms with Crippen LogP contribution in [0.15, 0.2) is 0 Å². The Labute approximate surface area is 165 Å². The van der Waals surface area contributed by atoms with Crippen LogP contribution in [0.25, 0.3) is 0 Å². The molecule has 4 heteroatoms. The van der Waals surface area contributed by atoms with E-state index in [4.69, 9.17) is 5.11 Å². The number of rotatable bonds is 17. The van der Waals surface area contributed by atoms with Crippen molar-refractivity contribution in [3.63, 3.8) is 0 Å². The molecule has 0 fully saturated rings. The quantitative estimate of drug-likeness (QED) is 0.138. The minimum absolute atomic E-state index is 0.347. The van der Waals surface area contributed by atoms with Gasteiger partial charge in [-0.25, -0.2) is 0 Å². The van der Waals surface area contributed by atoms with Crippen molar-refractivity contribution in [2.24, 2.45) is 0 Å². The normalized spacial score (nSPS) is 10.5. The lowest BCUT2D eigenvalue weighted by molar-refractivity contribution is 0.296. The summed E-state index contributed by atoms with van der Waals surface area (Å²) in [7, 11) is 1.59. The first kappa shape index (κ1) is 23.9. The van der Waals surface area contributed by atoms with Gasteiger partial charge in [0.2, 0.25) is 0 Å². The number of thioether (sulfide) groups is 1. The van der Waals surface area contributed by atoms with Gasteiger partial charge in [0.25, 0.3) is 0 Å². The predicted molar refractivity (Wildman–Crippen MR) is 118 cm³/mol. The monoisotopic (exact) mass is 470 g/mol. The summed E-state index contributed by atoms with van der Waals surface area (Å²) in [4.78, 5) is 0. The average Bonchev–Trinajstić information content (AvgIpc) is 2.57. The van der Waals surface area contributed by atoms with Gasteiger partial charge in [0.15, 0.2) is 0 Å². The van der Waals surface area contributed by atoms with Gasteiger partial charge in [-0.1, -0.05) is 70.1 Å². The van der Waals surface area contributed by atoms with Crippen molar-refractivity contribution < 1.29 is 5.11 Å². The van der Waals surface area contributed by atoms with Crippen molar-refractivity contribution in [1.82, 2.24) is 0 Å². The number of hydrogen-bond acceptors (Lipinski definition) is 3. The van der Waals surface area contributed by atoms with Crippen LogP contribution in [-0.2, 0) is 0 Å². The highest BCUT2D eigenvalue weighted by Gasteiger charge is 1.94. The molecule has 0 atom stereocenters. The largest absolute Gasteiger partial charge is 0.396 e. The Kier molecular flexibility index (Phi) is 23.9. The fourth-order valence-corrected chi connectivity index (χ4v) is 4.10. The van der Waals surface area contributed by atoms with Gasteiger partial charge in [0.05, 0.1) is 0 Å². The van der Waals surface area contributed by atoms with E-state index in [1.165, 1.54) is 82.8 Å². The van der Waals surface area contributed by atoms with Gasteiger partial charge >= 0.3 is 0 Å². The molecule has 1 N–H and O–H groups in total. The van der Waals surface area contributed by atoms with Gasteiger partial charge in [0, 0.05) is 34.2 Å². The molecule has 0 aliphatic rings. The van der Waals surface area contributed by atoms with Crippen molar-refractivity contribution >= 4 is 41.9 Å². The maximum absolute atomic E-state index is 8.69. The summed E-state index contributed by atoms with van der Waals surface area (Å²) in [6, 6.07) is 0.